The number of anilines is 1. The Morgan fingerprint density at radius 2 is 1.72 bits per heavy atom. The molecule has 0 radical (unpaired) electrons. The first-order valence-corrected chi connectivity index (χ1v) is 5.55. The minimum atomic E-state index is 0.248. The molecule has 0 fully saturated rings. The molecule has 0 saturated carbocycles. The van der Waals surface area contributed by atoms with Crippen molar-refractivity contribution in [2.45, 2.75) is 0 Å². The first-order chi connectivity index (χ1) is 8.75. The molecule has 0 amide bonds. The minimum absolute atomic E-state index is 0.248. The number of rotatable bonds is 1. The molecule has 0 spiro atoms. The molecule has 0 unspecified atom stereocenters. The van der Waals surface area contributed by atoms with Crippen molar-refractivity contribution >= 4 is 16.6 Å². The molecule has 0 aliphatic heterocycles. The van der Waals surface area contributed by atoms with Gasteiger partial charge < -0.3 is 10.8 Å². The van der Waals surface area contributed by atoms with Gasteiger partial charge in [-0.2, -0.15) is 0 Å². The molecule has 0 bridgehead atoms. The van der Waals surface area contributed by atoms with E-state index in [-0.39, 0.29) is 5.75 Å². The molecule has 0 aliphatic rings. The number of benzene rings is 2. The Hall–Kier alpha value is -2.62. The quantitative estimate of drug-likeness (QED) is 0.682. The molecule has 0 saturated heterocycles. The van der Waals surface area contributed by atoms with Crippen LogP contribution in [-0.4, -0.2) is 15.1 Å². The molecule has 3 aromatic rings. The van der Waals surface area contributed by atoms with Crippen molar-refractivity contribution in [1.29, 1.82) is 0 Å². The number of nitrogen functional groups attached to an aromatic ring is 1. The number of hydrogen-bond donors (Lipinski definition) is 2. The predicted molar refractivity (Wildman–Crippen MR) is 71.1 cm³/mol. The summed E-state index contributed by atoms with van der Waals surface area (Å²) in [7, 11) is 0. The van der Waals surface area contributed by atoms with Crippen LogP contribution in [0.4, 0.5) is 5.82 Å². The van der Waals surface area contributed by atoms with Gasteiger partial charge in [-0.25, -0.2) is 9.97 Å². The molecule has 1 heterocycles. The summed E-state index contributed by atoms with van der Waals surface area (Å²) < 4.78 is 0. The second-order valence-electron chi connectivity index (χ2n) is 3.98. The molecular weight excluding hydrogens is 226 g/mol. The van der Waals surface area contributed by atoms with Gasteiger partial charge in [-0.15, -0.1) is 0 Å². The van der Waals surface area contributed by atoms with Crippen LogP contribution in [0.2, 0.25) is 0 Å². The van der Waals surface area contributed by atoms with Gasteiger partial charge in [-0.1, -0.05) is 24.3 Å². The predicted octanol–water partition coefficient (Wildman–Crippen LogP) is 2.58. The summed E-state index contributed by atoms with van der Waals surface area (Å²) in [6, 6.07) is 12.7. The number of aromatic nitrogens is 2. The maximum Gasteiger partial charge on any atom is 0.162 e. The van der Waals surface area contributed by atoms with Crippen molar-refractivity contribution in [1.82, 2.24) is 9.97 Å². The maximum atomic E-state index is 9.83. The molecule has 2 aromatic carbocycles. The fourth-order valence-electron chi connectivity index (χ4n) is 1.98. The van der Waals surface area contributed by atoms with Crippen LogP contribution in [0.3, 0.4) is 0 Å². The molecular formula is C14H11N3O. The van der Waals surface area contributed by atoms with Crippen LogP contribution in [0.25, 0.3) is 22.2 Å². The van der Waals surface area contributed by atoms with Crippen molar-refractivity contribution in [3.8, 4) is 17.1 Å². The fraction of sp³-hybridized carbons (Fsp3) is 0. The molecule has 3 N–H and O–H groups in total. The van der Waals surface area contributed by atoms with E-state index in [9.17, 15) is 5.11 Å². The van der Waals surface area contributed by atoms with Crippen molar-refractivity contribution in [2.24, 2.45) is 0 Å². The van der Waals surface area contributed by atoms with Gasteiger partial charge in [-0.05, 0) is 23.6 Å². The third-order valence-corrected chi connectivity index (χ3v) is 2.82. The van der Waals surface area contributed by atoms with Gasteiger partial charge in [0.2, 0.25) is 0 Å². The first kappa shape index (κ1) is 10.5. The highest BCUT2D eigenvalue weighted by atomic mass is 16.3. The number of nitrogens with zero attached hydrogens (tertiary/aromatic N) is 2. The average Bonchev–Trinajstić information content (AvgIpc) is 2.39. The smallest absolute Gasteiger partial charge is 0.162 e. The Balaban J connectivity index is 2.33. The van der Waals surface area contributed by atoms with Crippen molar-refractivity contribution in [3.63, 3.8) is 0 Å². The Labute approximate surface area is 104 Å². The summed E-state index contributed by atoms with van der Waals surface area (Å²) in [4.78, 5) is 8.43. The minimum Gasteiger partial charge on any atom is -0.507 e. The second kappa shape index (κ2) is 4.00. The highest BCUT2D eigenvalue weighted by molar-refractivity contribution is 5.98. The van der Waals surface area contributed by atoms with E-state index in [1.165, 1.54) is 0 Å². The van der Waals surface area contributed by atoms with E-state index >= 15 is 0 Å². The van der Waals surface area contributed by atoms with E-state index in [0.717, 1.165) is 16.3 Å². The van der Waals surface area contributed by atoms with Gasteiger partial charge >= 0.3 is 0 Å². The van der Waals surface area contributed by atoms with Crippen LogP contribution in [-0.2, 0) is 0 Å². The third-order valence-electron chi connectivity index (χ3n) is 2.82. The lowest BCUT2D eigenvalue weighted by Gasteiger charge is -2.07. The zero-order valence-corrected chi connectivity index (χ0v) is 9.54. The first-order valence-electron chi connectivity index (χ1n) is 5.55. The van der Waals surface area contributed by atoms with E-state index in [1.54, 1.807) is 24.4 Å². The fourth-order valence-corrected chi connectivity index (χ4v) is 1.98. The van der Waals surface area contributed by atoms with E-state index in [1.807, 2.05) is 24.3 Å². The number of fused-ring (bicyclic) bond motifs is 1. The lowest BCUT2D eigenvalue weighted by atomic mass is 10.0. The molecule has 4 heteroatoms. The molecule has 0 atom stereocenters. The molecule has 0 aliphatic carbocycles. The number of phenolic OH excluding ortho intramolecular Hbond substituents is 1. The van der Waals surface area contributed by atoms with Crippen LogP contribution < -0.4 is 5.73 Å². The SMILES string of the molecule is Nc1ccnc(-c2ccc(O)c3ccccc23)n1. The van der Waals surface area contributed by atoms with Gasteiger partial charge in [0.1, 0.15) is 11.6 Å². The molecule has 1 aromatic heterocycles. The van der Waals surface area contributed by atoms with Crippen molar-refractivity contribution in [2.75, 3.05) is 5.73 Å². The lowest BCUT2D eigenvalue weighted by Crippen LogP contribution is -1.95. The second-order valence-corrected chi connectivity index (χ2v) is 3.98. The zero-order chi connectivity index (χ0) is 12.5. The van der Waals surface area contributed by atoms with Gasteiger partial charge in [0.25, 0.3) is 0 Å². The van der Waals surface area contributed by atoms with E-state index in [2.05, 4.69) is 9.97 Å². The lowest BCUT2D eigenvalue weighted by molar-refractivity contribution is 0.481. The summed E-state index contributed by atoms with van der Waals surface area (Å²) >= 11 is 0. The molecule has 18 heavy (non-hydrogen) atoms. The zero-order valence-electron chi connectivity index (χ0n) is 9.54. The van der Waals surface area contributed by atoms with Crippen LogP contribution >= 0.6 is 0 Å². The third kappa shape index (κ3) is 1.64. The topological polar surface area (TPSA) is 72.0 Å². The highest BCUT2D eigenvalue weighted by Crippen LogP contribution is 2.32. The number of aromatic hydroxyl groups is 1. The summed E-state index contributed by atoms with van der Waals surface area (Å²) in [6.07, 6.45) is 1.62. The van der Waals surface area contributed by atoms with Crippen molar-refractivity contribution < 1.29 is 5.11 Å². The number of phenols is 1. The Kier molecular flexibility index (Phi) is 2.34. The number of nitrogens with two attached hydrogens (primary N) is 1. The molecule has 4 nitrogen and oxygen atoms in total. The van der Waals surface area contributed by atoms with Crippen LogP contribution in [0.1, 0.15) is 0 Å². The van der Waals surface area contributed by atoms with Crippen LogP contribution in [0.15, 0.2) is 48.7 Å². The normalized spacial score (nSPS) is 10.7. The Morgan fingerprint density at radius 3 is 2.50 bits per heavy atom. The summed E-state index contributed by atoms with van der Waals surface area (Å²) in [6.45, 7) is 0. The van der Waals surface area contributed by atoms with Crippen molar-refractivity contribution in [3.05, 3.63) is 48.7 Å². The largest absolute Gasteiger partial charge is 0.507 e. The monoisotopic (exact) mass is 237 g/mol. The van der Waals surface area contributed by atoms with Crippen LogP contribution in [0, 0.1) is 0 Å². The maximum absolute atomic E-state index is 9.83. The van der Waals surface area contributed by atoms with E-state index in [0.29, 0.717) is 11.6 Å². The van der Waals surface area contributed by atoms with Gasteiger partial charge in [0, 0.05) is 17.1 Å². The summed E-state index contributed by atoms with van der Waals surface area (Å²) in [5, 5.41) is 11.5. The van der Waals surface area contributed by atoms with Gasteiger partial charge in [0.05, 0.1) is 0 Å². The van der Waals surface area contributed by atoms with Gasteiger partial charge in [-0.3, -0.25) is 0 Å². The average molecular weight is 237 g/mol. The van der Waals surface area contributed by atoms with E-state index in [4.69, 9.17) is 5.73 Å². The highest BCUT2D eigenvalue weighted by Gasteiger charge is 2.08. The summed E-state index contributed by atoms with van der Waals surface area (Å²) in [5.41, 5.74) is 6.53. The van der Waals surface area contributed by atoms with Crippen LogP contribution in [0.5, 0.6) is 5.75 Å². The molecule has 3 rings (SSSR count). The molecule has 88 valence electrons. The summed E-state index contributed by atoms with van der Waals surface area (Å²) in [5.74, 6) is 1.24. The standard InChI is InChI=1S/C14H11N3O/c15-13-7-8-16-14(17-13)11-5-6-12(18)10-4-2-1-3-9(10)11/h1-8,18H,(H2,15,16,17). The Bertz CT molecular complexity index is 725. The van der Waals surface area contributed by atoms with Gasteiger partial charge in [0.15, 0.2) is 5.82 Å². The Morgan fingerprint density at radius 1 is 0.944 bits per heavy atom. The van der Waals surface area contributed by atoms with E-state index < -0.39 is 0 Å². The number of hydrogen-bond acceptors (Lipinski definition) is 4.